The highest BCUT2D eigenvalue weighted by molar-refractivity contribution is 5.96. The third-order valence-electron chi connectivity index (χ3n) is 3.96. The number of nitrogens with zero attached hydrogens (tertiary/aromatic N) is 1. The Balaban J connectivity index is 1.95. The van der Waals surface area contributed by atoms with E-state index in [0.29, 0.717) is 12.3 Å². The number of aliphatic hydroxyl groups is 2. The fourth-order valence-electron chi connectivity index (χ4n) is 2.44. The van der Waals surface area contributed by atoms with Crippen LogP contribution in [0.15, 0.2) is 24.3 Å². The molecular formula is C16H23N3O5. The van der Waals surface area contributed by atoms with Gasteiger partial charge in [-0.05, 0) is 31.2 Å². The molecule has 8 heteroatoms. The van der Waals surface area contributed by atoms with Crippen molar-refractivity contribution < 1.29 is 24.5 Å². The number of carbonyl (C=O) groups excluding carboxylic acids is 2. The number of methoxy groups -OCH3 is 1. The van der Waals surface area contributed by atoms with Crippen molar-refractivity contribution in [3.8, 4) is 5.75 Å². The monoisotopic (exact) mass is 337 g/mol. The summed E-state index contributed by atoms with van der Waals surface area (Å²) in [5.41, 5.74) is -0.372. The van der Waals surface area contributed by atoms with Crippen LogP contribution in [0, 0.1) is 0 Å². The summed E-state index contributed by atoms with van der Waals surface area (Å²) in [6.07, 6.45) is 0.189. The Labute approximate surface area is 140 Å². The van der Waals surface area contributed by atoms with Crippen molar-refractivity contribution in [1.29, 1.82) is 0 Å². The molecule has 3 amide bonds. The van der Waals surface area contributed by atoms with E-state index in [1.807, 2.05) is 0 Å². The number of hydrogen-bond donors (Lipinski definition) is 4. The first-order chi connectivity index (χ1) is 11.4. The second-order valence-electron chi connectivity index (χ2n) is 6.08. The van der Waals surface area contributed by atoms with Crippen molar-refractivity contribution in [1.82, 2.24) is 10.6 Å². The van der Waals surface area contributed by atoms with Crippen LogP contribution < -0.4 is 20.3 Å². The molecule has 1 aromatic carbocycles. The Morgan fingerprint density at radius 2 is 1.96 bits per heavy atom. The molecule has 1 aromatic rings. The van der Waals surface area contributed by atoms with Gasteiger partial charge in [0.25, 0.3) is 0 Å². The zero-order chi connectivity index (χ0) is 17.7. The van der Waals surface area contributed by atoms with Gasteiger partial charge in [-0.3, -0.25) is 4.79 Å². The van der Waals surface area contributed by atoms with E-state index in [1.54, 1.807) is 36.3 Å². The van der Waals surface area contributed by atoms with Crippen molar-refractivity contribution >= 4 is 17.6 Å². The summed E-state index contributed by atoms with van der Waals surface area (Å²) in [6, 6.07) is 6.23. The van der Waals surface area contributed by atoms with Crippen LogP contribution in [0.4, 0.5) is 10.5 Å². The van der Waals surface area contributed by atoms with Crippen LogP contribution in [0.3, 0.4) is 0 Å². The van der Waals surface area contributed by atoms with Gasteiger partial charge in [0.05, 0.1) is 31.9 Å². The van der Waals surface area contributed by atoms with E-state index in [4.69, 9.17) is 4.74 Å². The first-order valence-electron chi connectivity index (χ1n) is 7.65. The number of rotatable bonds is 6. The Morgan fingerprint density at radius 3 is 2.50 bits per heavy atom. The van der Waals surface area contributed by atoms with Crippen molar-refractivity contribution in [2.24, 2.45) is 0 Å². The van der Waals surface area contributed by atoms with E-state index >= 15 is 0 Å². The summed E-state index contributed by atoms with van der Waals surface area (Å²) in [4.78, 5) is 25.7. The molecule has 4 N–H and O–H groups in total. The van der Waals surface area contributed by atoms with Gasteiger partial charge in [0.15, 0.2) is 0 Å². The van der Waals surface area contributed by atoms with E-state index in [0.717, 1.165) is 5.69 Å². The number of benzene rings is 1. The van der Waals surface area contributed by atoms with Crippen LogP contribution in [0.25, 0.3) is 0 Å². The second kappa shape index (κ2) is 7.50. The van der Waals surface area contributed by atoms with Gasteiger partial charge in [0.2, 0.25) is 5.91 Å². The van der Waals surface area contributed by atoms with Crippen LogP contribution in [0.5, 0.6) is 5.75 Å². The van der Waals surface area contributed by atoms with Crippen molar-refractivity contribution in [3.63, 3.8) is 0 Å². The number of carbonyl (C=O) groups is 2. The number of urea groups is 1. The summed E-state index contributed by atoms with van der Waals surface area (Å²) < 4.78 is 5.09. The molecule has 1 fully saturated rings. The summed E-state index contributed by atoms with van der Waals surface area (Å²) in [7, 11) is 1.57. The largest absolute Gasteiger partial charge is 0.497 e. The molecule has 1 aliphatic heterocycles. The fraction of sp³-hybridized carbons (Fsp3) is 0.500. The average Bonchev–Trinajstić information content (AvgIpc) is 2.94. The molecule has 0 unspecified atom stereocenters. The Morgan fingerprint density at radius 1 is 1.33 bits per heavy atom. The van der Waals surface area contributed by atoms with Gasteiger partial charge in [-0.15, -0.1) is 0 Å². The maximum absolute atomic E-state index is 12.2. The number of aliphatic hydroxyl groups excluding tert-OH is 2. The fourth-order valence-corrected chi connectivity index (χ4v) is 2.44. The first kappa shape index (κ1) is 18.0. The normalized spacial score (nSPS) is 17.8. The molecule has 0 spiro atoms. The van der Waals surface area contributed by atoms with Crippen LogP contribution in [-0.2, 0) is 4.79 Å². The van der Waals surface area contributed by atoms with Crippen molar-refractivity contribution in [3.05, 3.63) is 24.3 Å². The smallest absolute Gasteiger partial charge is 0.315 e. The van der Waals surface area contributed by atoms with Gasteiger partial charge in [0.1, 0.15) is 5.75 Å². The lowest BCUT2D eigenvalue weighted by Gasteiger charge is -2.27. The van der Waals surface area contributed by atoms with E-state index in [2.05, 4.69) is 10.6 Å². The highest BCUT2D eigenvalue weighted by Gasteiger charge is 2.33. The Hall–Kier alpha value is -2.32. The minimum Gasteiger partial charge on any atom is -0.497 e. The van der Waals surface area contributed by atoms with Crippen LogP contribution in [0.1, 0.15) is 13.3 Å². The van der Waals surface area contributed by atoms with Gasteiger partial charge in [-0.25, -0.2) is 4.79 Å². The minimum atomic E-state index is -1.11. The molecule has 0 aliphatic carbocycles. The maximum atomic E-state index is 12.2. The van der Waals surface area contributed by atoms with Crippen molar-refractivity contribution in [2.45, 2.75) is 24.9 Å². The topological polar surface area (TPSA) is 111 Å². The third kappa shape index (κ3) is 4.15. The molecule has 0 saturated carbocycles. The number of hydrogen-bond acceptors (Lipinski definition) is 5. The molecule has 1 atom stereocenters. The number of nitrogens with one attached hydrogen (secondary N) is 2. The molecule has 8 nitrogen and oxygen atoms in total. The lowest BCUT2D eigenvalue weighted by atomic mass is 10.1. The highest BCUT2D eigenvalue weighted by atomic mass is 16.5. The van der Waals surface area contributed by atoms with Gasteiger partial charge >= 0.3 is 6.03 Å². The summed E-state index contributed by atoms with van der Waals surface area (Å²) in [5.74, 6) is 0.615. The average molecular weight is 337 g/mol. The zero-order valence-electron chi connectivity index (χ0n) is 13.8. The van der Waals surface area contributed by atoms with Crippen LogP contribution in [-0.4, -0.2) is 60.6 Å². The number of ether oxygens (including phenoxy) is 1. The molecule has 24 heavy (non-hydrogen) atoms. The quantitative estimate of drug-likeness (QED) is 0.577. The van der Waals surface area contributed by atoms with Gasteiger partial charge < -0.3 is 30.5 Å². The predicted molar refractivity (Wildman–Crippen MR) is 88.0 cm³/mol. The lowest BCUT2D eigenvalue weighted by Crippen LogP contribution is -2.56. The molecule has 0 radical (unpaired) electrons. The predicted octanol–water partition coefficient (Wildman–Crippen LogP) is -0.157. The molecule has 132 valence electrons. The van der Waals surface area contributed by atoms with Crippen LogP contribution in [0.2, 0.25) is 0 Å². The summed E-state index contributed by atoms with van der Waals surface area (Å²) in [5, 5.41) is 23.6. The van der Waals surface area contributed by atoms with E-state index in [1.165, 1.54) is 6.92 Å². The highest BCUT2D eigenvalue weighted by Crippen LogP contribution is 2.24. The summed E-state index contributed by atoms with van der Waals surface area (Å²) in [6.45, 7) is 1.10. The van der Waals surface area contributed by atoms with E-state index in [9.17, 15) is 19.8 Å². The Bertz CT molecular complexity index is 586. The molecule has 2 rings (SSSR count). The van der Waals surface area contributed by atoms with Crippen molar-refractivity contribution in [2.75, 3.05) is 31.8 Å². The lowest BCUT2D eigenvalue weighted by molar-refractivity contribution is -0.117. The molecule has 0 bridgehead atoms. The van der Waals surface area contributed by atoms with Crippen LogP contribution >= 0.6 is 0 Å². The summed E-state index contributed by atoms with van der Waals surface area (Å²) >= 11 is 0. The van der Waals surface area contributed by atoms with E-state index in [-0.39, 0.29) is 18.4 Å². The molecule has 1 saturated heterocycles. The van der Waals surface area contributed by atoms with Gasteiger partial charge in [-0.2, -0.15) is 0 Å². The SMILES string of the molecule is COc1ccc(N2C[C@H](NC(=O)NC(C)(CO)CO)CC2=O)cc1. The molecule has 1 aliphatic rings. The van der Waals surface area contributed by atoms with Gasteiger partial charge in [0, 0.05) is 18.7 Å². The standard InChI is InChI=1S/C16H23N3O5/c1-16(9-20,10-21)18-15(23)17-11-7-14(22)19(8-11)12-3-5-13(24-2)6-4-12/h3-6,11,20-21H,7-10H2,1-2H3,(H2,17,18,23)/t11-/m1/s1. The molecule has 1 heterocycles. The third-order valence-corrected chi connectivity index (χ3v) is 3.96. The van der Waals surface area contributed by atoms with E-state index < -0.39 is 24.8 Å². The minimum absolute atomic E-state index is 0.0856. The number of amides is 3. The Kier molecular flexibility index (Phi) is 5.63. The molecule has 0 aromatic heterocycles. The second-order valence-corrected chi connectivity index (χ2v) is 6.08. The maximum Gasteiger partial charge on any atom is 0.315 e. The first-order valence-corrected chi connectivity index (χ1v) is 7.65. The van der Waals surface area contributed by atoms with Gasteiger partial charge in [-0.1, -0.05) is 0 Å². The molecular weight excluding hydrogens is 314 g/mol. The number of anilines is 1. The zero-order valence-corrected chi connectivity index (χ0v) is 13.8.